The van der Waals surface area contributed by atoms with E-state index in [9.17, 15) is 9.59 Å². The number of benzene rings is 1. The molecule has 0 bridgehead atoms. The highest BCUT2D eigenvalue weighted by molar-refractivity contribution is 5.98. The second kappa shape index (κ2) is 5.45. The minimum absolute atomic E-state index is 0.0201. The van der Waals surface area contributed by atoms with Gasteiger partial charge in [-0.15, -0.1) is 0 Å². The van der Waals surface area contributed by atoms with Gasteiger partial charge in [-0.25, -0.2) is 0 Å². The van der Waals surface area contributed by atoms with E-state index < -0.39 is 0 Å². The summed E-state index contributed by atoms with van der Waals surface area (Å²) in [6.45, 7) is 3.99. The van der Waals surface area contributed by atoms with Crippen molar-refractivity contribution < 1.29 is 9.59 Å². The quantitative estimate of drug-likeness (QED) is 0.787. The summed E-state index contributed by atoms with van der Waals surface area (Å²) in [5, 5.41) is 2.50. The lowest BCUT2D eigenvalue weighted by molar-refractivity contribution is -0.120. The Kier molecular flexibility index (Phi) is 4.23. The van der Waals surface area contributed by atoms with E-state index in [0.29, 0.717) is 5.56 Å². The van der Waals surface area contributed by atoms with Crippen molar-refractivity contribution in [3.63, 3.8) is 0 Å². The lowest BCUT2D eigenvalue weighted by Crippen LogP contribution is -2.18. The zero-order chi connectivity index (χ0) is 12.1. The summed E-state index contributed by atoms with van der Waals surface area (Å²) >= 11 is 0. The molecule has 0 radical (unpaired) electrons. The molecule has 3 heteroatoms. The number of aryl methyl sites for hydroxylation is 2. The van der Waals surface area contributed by atoms with Crippen LogP contribution in [0.15, 0.2) is 18.2 Å². The molecule has 0 fully saturated rings. The molecule has 0 aliphatic heterocycles. The summed E-state index contributed by atoms with van der Waals surface area (Å²) in [6, 6.07) is 5.62. The molecule has 0 spiro atoms. The normalized spacial score (nSPS) is 9.94. The maximum absolute atomic E-state index is 11.7. The van der Waals surface area contributed by atoms with Crippen LogP contribution in [-0.2, 0) is 4.79 Å². The highest BCUT2D eigenvalue weighted by Gasteiger charge is 2.08. The number of carbonyl (C=O) groups is 2. The first-order valence-corrected chi connectivity index (χ1v) is 5.35. The Morgan fingerprint density at radius 2 is 1.81 bits per heavy atom. The summed E-state index contributed by atoms with van der Waals surface area (Å²) < 4.78 is 0. The van der Waals surface area contributed by atoms with Crippen LogP contribution in [0.2, 0.25) is 0 Å². The molecule has 1 N–H and O–H groups in total. The maximum Gasteiger partial charge on any atom is 0.220 e. The molecule has 1 rings (SSSR count). The van der Waals surface area contributed by atoms with Crippen LogP contribution in [0.5, 0.6) is 0 Å². The summed E-state index contributed by atoms with van der Waals surface area (Å²) in [5.41, 5.74) is 2.96. The summed E-state index contributed by atoms with van der Waals surface area (Å²) in [4.78, 5) is 22.8. The average molecular weight is 219 g/mol. The summed E-state index contributed by atoms with van der Waals surface area (Å²) in [7, 11) is 1.57. The predicted molar refractivity (Wildman–Crippen MR) is 63.5 cm³/mol. The van der Waals surface area contributed by atoms with Gasteiger partial charge in [0, 0.05) is 25.5 Å². The Balaban J connectivity index is 2.66. The van der Waals surface area contributed by atoms with Crippen LogP contribution in [-0.4, -0.2) is 18.7 Å². The third-order valence-electron chi connectivity index (χ3n) is 2.69. The third-order valence-corrected chi connectivity index (χ3v) is 2.69. The first-order chi connectivity index (χ1) is 7.54. The standard InChI is InChI=1S/C13H17NO2/c1-9-4-5-11(8-10(9)2)12(15)6-7-13(16)14-3/h4-5,8H,6-7H2,1-3H3,(H,14,16). The number of ketones is 1. The van der Waals surface area contributed by atoms with Crippen LogP contribution in [0, 0.1) is 13.8 Å². The molecular formula is C13H17NO2. The minimum Gasteiger partial charge on any atom is -0.359 e. The fraction of sp³-hybridized carbons (Fsp3) is 0.385. The van der Waals surface area contributed by atoms with Gasteiger partial charge < -0.3 is 5.32 Å². The minimum atomic E-state index is -0.0998. The second-order valence-corrected chi connectivity index (χ2v) is 3.90. The van der Waals surface area contributed by atoms with E-state index in [2.05, 4.69) is 5.32 Å². The van der Waals surface area contributed by atoms with E-state index in [1.807, 2.05) is 32.0 Å². The van der Waals surface area contributed by atoms with E-state index >= 15 is 0 Å². The first kappa shape index (κ1) is 12.4. The number of carbonyl (C=O) groups excluding carboxylic acids is 2. The number of amides is 1. The Hall–Kier alpha value is -1.64. The SMILES string of the molecule is CNC(=O)CCC(=O)c1ccc(C)c(C)c1. The van der Waals surface area contributed by atoms with Gasteiger partial charge in [-0.1, -0.05) is 12.1 Å². The average Bonchev–Trinajstić information content (AvgIpc) is 2.29. The molecule has 1 amide bonds. The van der Waals surface area contributed by atoms with Gasteiger partial charge in [-0.05, 0) is 31.0 Å². The van der Waals surface area contributed by atoms with Crippen LogP contribution < -0.4 is 5.32 Å². The lowest BCUT2D eigenvalue weighted by atomic mass is 10.0. The van der Waals surface area contributed by atoms with E-state index in [0.717, 1.165) is 5.56 Å². The van der Waals surface area contributed by atoms with Crippen LogP contribution in [0.4, 0.5) is 0 Å². The van der Waals surface area contributed by atoms with Gasteiger partial charge in [0.1, 0.15) is 0 Å². The van der Waals surface area contributed by atoms with Gasteiger partial charge >= 0.3 is 0 Å². The molecule has 0 atom stereocenters. The summed E-state index contributed by atoms with van der Waals surface area (Å²) in [5.74, 6) is -0.0797. The molecular weight excluding hydrogens is 202 g/mol. The Bertz CT molecular complexity index is 410. The van der Waals surface area contributed by atoms with Crippen molar-refractivity contribution in [2.24, 2.45) is 0 Å². The molecule has 86 valence electrons. The van der Waals surface area contributed by atoms with E-state index in [1.54, 1.807) is 7.05 Å². The van der Waals surface area contributed by atoms with Crippen LogP contribution in [0.25, 0.3) is 0 Å². The molecule has 3 nitrogen and oxygen atoms in total. The Morgan fingerprint density at radius 3 is 2.38 bits per heavy atom. The monoisotopic (exact) mass is 219 g/mol. The zero-order valence-electron chi connectivity index (χ0n) is 9.96. The van der Waals surface area contributed by atoms with E-state index in [4.69, 9.17) is 0 Å². The van der Waals surface area contributed by atoms with Gasteiger partial charge in [0.05, 0.1) is 0 Å². The predicted octanol–water partition coefficient (Wildman–Crippen LogP) is 2.01. The first-order valence-electron chi connectivity index (χ1n) is 5.35. The molecule has 16 heavy (non-hydrogen) atoms. The Labute approximate surface area is 95.9 Å². The summed E-state index contributed by atoms with van der Waals surface area (Å²) in [6.07, 6.45) is 0.518. The zero-order valence-corrected chi connectivity index (χ0v) is 9.96. The number of nitrogens with one attached hydrogen (secondary N) is 1. The number of hydrogen-bond donors (Lipinski definition) is 1. The van der Waals surface area contributed by atoms with Crippen LogP contribution >= 0.6 is 0 Å². The van der Waals surface area contributed by atoms with Gasteiger partial charge in [-0.3, -0.25) is 9.59 Å². The van der Waals surface area contributed by atoms with Crippen molar-refractivity contribution in [1.82, 2.24) is 5.32 Å². The molecule has 1 aromatic carbocycles. The van der Waals surface area contributed by atoms with Crippen molar-refractivity contribution >= 4 is 11.7 Å². The highest BCUT2D eigenvalue weighted by Crippen LogP contribution is 2.12. The largest absolute Gasteiger partial charge is 0.359 e. The molecule has 0 heterocycles. The molecule has 1 aromatic rings. The molecule has 0 aromatic heterocycles. The van der Waals surface area contributed by atoms with Gasteiger partial charge in [0.25, 0.3) is 0 Å². The lowest BCUT2D eigenvalue weighted by Gasteiger charge is -2.04. The second-order valence-electron chi connectivity index (χ2n) is 3.90. The van der Waals surface area contributed by atoms with Gasteiger partial charge in [0.2, 0.25) is 5.91 Å². The van der Waals surface area contributed by atoms with E-state index in [-0.39, 0.29) is 24.5 Å². The molecule has 0 unspecified atom stereocenters. The topological polar surface area (TPSA) is 46.2 Å². The van der Waals surface area contributed by atoms with Crippen molar-refractivity contribution in [1.29, 1.82) is 0 Å². The molecule has 0 saturated heterocycles. The van der Waals surface area contributed by atoms with Gasteiger partial charge in [0.15, 0.2) is 5.78 Å². The van der Waals surface area contributed by atoms with Crippen LogP contribution in [0.1, 0.15) is 34.3 Å². The van der Waals surface area contributed by atoms with Gasteiger partial charge in [-0.2, -0.15) is 0 Å². The number of Topliss-reactive ketones (excluding diaryl/α,β-unsaturated/α-hetero) is 1. The van der Waals surface area contributed by atoms with Crippen molar-refractivity contribution in [2.45, 2.75) is 26.7 Å². The molecule has 0 aliphatic rings. The number of rotatable bonds is 4. The molecule has 0 saturated carbocycles. The third kappa shape index (κ3) is 3.19. The molecule has 0 aliphatic carbocycles. The van der Waals surface area contributed by atoms with Crippen molar-refractivity contribution in [3.05, 3.63) is 34.9 Å². The van der Waals surface area contributed by atoms with Crippen molar-refractivity contribution in [2.75, 3.05) is 7.05 Å². The Morgan fingerprint density at radius 1 is 1.12 bits per heavy atom. The van der Waals surface area contributed by atoms with E-state index in [1.165, 1.54) is 5.56 Å². The van der Waals surface area contributed by atoms with Crippen molar-refractivity contribution in [3.8, 4) is 0 Å². The smallest absolute Gasteiger partial charge is 0.220 e. The van der Waals surface area contributed by atoms with Crippen LogP contribution in [0.3, 0.4) is 0 Å². The number of hydrogen-bond acceptors (Lipinski definition) is 2. The highest BCUT2D eigenvalue weighted by atomic mass is 16.2. The fourth-order valence-electron chi connectivity index (χ4n) is 1.41. The fourth-order valence-corrected chi connectivity index (χ4v) is 1.41. The maximum atomic E-state index is 11.7.